The van der Waals surface area contributed by atoms with Gasteiger partial charge in [-0.25, -0.2) is 0 Å². The summed E-state index contributed by atoms with van der Waals surface area (Å²) in [6.07, 6.45) is 1.87. The molecule has 2 aromatic rings. The standard InChI is InChI=1S/C20H20N2O2S/c1-3-22(4-2)20(24)15-10-11-17-16(13-15)21-19(23)18(25-17)12-14-8-6-5-7-9-14/h5-13H,3-4H2,1-2H3,(H,21,23). The molecule has 0 spiro atoms. The van der Waals surface area contributed by atoms with Crippen LogP contribution in [0.4, 0.5) is 5.69 Å². The molecule has 1 aliphatic heterocycles. The predicted octanol–water partition coefficient (Wildman–Crippen LogP) is 4.25. The molecule has 2 aromatic carbocycles. The molecule has 0 fully saturated rings. The monoisotopic (exact) mass is 352 g/mol. The third-order valence-corrected chi connectivity index (χ3v) is 5.17. The second-order valence-electron chi connectivity index (χ2n) is 5.66. The highest BCUT2D eigenvalue weighted by Crippen LogP contribution is 2.39. The minimum Gasteiger partial charge on any atom is -0.339 e. The Bertz CT molecular complexity index is 827. The van der Waals surface area contributed by atoms with E-state index in [0.717, 1.165) is 10.5 Å². The first-order valence-corrected chi connectivity index (χ1v) is 9.13. The lowest BCUT2D eigenvalue weighted by Gasteiger charge is -2.22. The first kappa shape index (κ1) is 17.3. The highest BCUT2D eigenvalue weighted by molar-refractivity contribution is 8.04. The summed E-state index contributed by atoms with van der Waals surface area (Å²) < 4.78 is 0. The van der Waals surface area contributed by atoms with Crippen LogP contribution in [-0.4, -0.2) is 29.8 Å². The van der Waals surface area contributed by atoms with Gasteiger partial charge in [-0.15, -0.1) is 0 Å². The maximum atomic E-state index is 12.5. The number of anilines is 1. The zero-order valence-corrected chi connectivity index (χ0v) is 15.1. The average molecular weight is 352 g/mol. The number of fused-ring (bicyclic) bond motifs is 1. The Hall–Kier alpha value is -2.53. The van der Waals surface area contributed by atoms with Crippen LogP contribution in [-0.2, 0) is 4.79 Å². The zero-order valence-electron chi connectivity index (χ0n) is 14.3. The van der Waals surface area contributed by atoms with E-state index in [1.165, 1.54) is 11.8 Å². The second-order valence-corrected chi connectivity index (χ2v) is 6.75. The fraction of sp³-hybridized carbons (Fsp3) is 0.200. The quantitative estimate of drug-likeness (QED) is 0.837. The van der Waals surface area contributed by atoms with Crippen molar-refractivity contribution in [1.29, 1.82) is 0 Å². The first-order chi connectivity index (χ1) is 12.1. The lowest BCUT2D eigenvalue weighted by atomic mass is 10.1. The Kier molecular flexibility index (Phi) is 5.24. The number of rotatable bonds is 4. The number of thioether (sulfide) groups is 1. The molecule has 2 amide bonds. The molecule has 3 rings (SSSR count). The molecule has 0 bridgehead atoms. The summed E-state index contributed by atoms with van der Waals surface area (Å²) in [4.78, 5) is 28.2. The topological polar surface area (TPSA) is 49.4 Å². The van der Waals surface area contributed by atoms with Crippen molar-refractivity contribution in [1.82, 2.24) is 4.90 Å². The molecule has 4 nitrogen and oxygen atoms in total. The molecule has 0 radical (unpaired) electrons. The Morgan fingerprint density at radius 2 is 1.84 bits per heavy atom. The van der Waals surface area contributed by atoms with Crippen molar-refractivity contribution in [3.8, 4) is 0 Å². The maximum Gasteiger partial charge on any atom is 0.262 e. The van der Waals surface area contributed by atoms with Gasteiger partial charge in [0.25, 0.3) is 11.8 Å². The van der Waals surface area contributed by atoms with Crippen molar-refractivity contribution in [2.45, 2.75) is 18.7 Å². The van der Waals surface area contributed by atoms with Gasteiger partial charge in [0.05, 0.1) is 10.6 Å². The Labute approximate surface area is 151 Å². The molecule has 0 unspecified atom stereocenters. The Balaban J connectivity index is 1.87. The number of amides is 2. The number of nitrogens with zero attached hydrogens (tertiary/aromatic N) is 1. The normalized spacial score (nSPS) is 14.8. The SMILES string of the molecule is CCN(CC)C(=O)c1ccc2c(c1)NC(=O)C(=Cc1ccccc1)S2. The smallest absolute Gasteiger partial charge is 0.262 e. The summed E-state index contributed by atoms with van der Waals surface area (Å²) in [5.41, 5.74) is 2.27. The van der Waals surface area contributed by atoms with Crippen molar-refractivity contribution in [3.05, 3.63) is 64.6 Å². The van der Waals surface area contributed by atoms with Gasteiger partial charge in [0.2, 0.25) is 0 Å². The summed E-state index contributed by atoms with van der Waals surface area (Å²) in [7, 11) is 0. The van der Waals surface area contributed by atoms with E-state index in [-0.39, 0.29) is 11.8 Å². The third-order valence-electron chi connectivity index (χ3n) is 4.07. The average Bonchev–Trinajstić information content (AvgIpc) is 2.63. The van der Waals surface area contributed by atoms with Crippen molar-refractivity contribution in [2.24, 2.45) is 0 Å². The van der Waals surface area contributed by atoms with Gasteiger partial charge in [-0.3, -0.25) is 9.59 Å². The minimum absolute atomic E-state index is 0.0160. The second kappa shape index (κ2) is 7.57. The van der Waals surface area contributed by atoms with Crippen LogP contribution >= 0.6 is 11.8 Å². The van der Waals surface area contributed by atoms with Gasteiger partial charge >= 0.3 is 0 Å². The third kappa shape index (κ3) is 3.77. The number of hydrogen-bond acceptors (Lipinski definition) is 3. The van der Waals surface area contributed by atoms with Crippen LogP contribution in [0.2, 0.25) is 0 Å². The molecule has 1 heterocycles. The number of carbonyl (C=O) groups is 2. The van der Waals surface area contributed by atoms with Crippen LogP contribution in [0.3, 0.4) is 0 Å². The van der Waals surface area contributed by atoms with E-state index in [9.17, 15) is 9.59 Å². The molecule has 1 N–H and O–H groups in total. The fourth-order valence-corrected chi connectivity index (χ4v) is 3.62. The summed E-state index contributed by atoms with van der Waals surface area (Å²) in [6, 6.07) is 15.2. The lowest BCUT2D eigenvalue weighted by Crippen LogP contribution is -2.30. The van der Waals surface area contributed by atoms with Crippen LogP contribution < -0.4 is 5.32 Å². The van der Waals surface area contributed by atoms with Crippen LogP contribution in [0.5, 0.6) is 0 Å². The highest BCUT2D eigenvalue weighted by atomic mass is 32.2. The van der Waals surface area contributed by atoms with E-state index in [4.69, 9.17) is 0 Å². The Morgan fingerprint density at radius 1 is 1.12 bits per heavy atom. The first-order valence-electron chi connectivity index (χ1n) is 8.31. The summed E-state index contributed by atoms with van der Waals surface area (Å²) in [5.74, 6) is -0.161. The van der Waals surface area contributed by atoms with Crippen LogP contribution in [0.15, 0.2) is 58.3 Å². The molecule has 1 aliphatic rings. The van der Waals surface area contributed by atoms with Crippen molar-refractivity contribution >= 4 is 35.3 Å². The summed E-state index contributed by atoms with van der Waals surface area (Å²) in [6.45, 7) is 5.24. The Morgan fingerprint density at radius 3 is 2.52 bits per heavy atom. The number of benzene rings is 2. The van der Waals surface area contributed by atoms with E-state index in [1.807, 2.05) is 62.4 Å². The van der Waals surface area contributed by atoms with Crippen molar-refractivity contribution in [3.63, 3.8) is 0 Å². The lowest BCUT2D eigenvalue weighted by molar-refractivity contribution is -0.112. The van der Waals surface area contributed by atoms with Crippen LogP contribution in [0, 0.1) is 0 Å². The van der Waals surface area contributed by atoms with Crippen LogP contribution in [0.25, 0.3) is 6.08 Å². The van der Waals surface area contributed by atoms with Gasteiger partial charge in [-0.05, 0) is 43.7 Å². The van der Waals surface area contributed by atoms with Crippen molar-refractivity contribution < 1.29 is 9.59 Å². The van der Waals surface area contributed by atoms with E-state index in [0.29, 0.717) is 29.2 Å². The van der Waals surface area contributed by atoms with Gasteiger partial charge < -0.3 is 10.2 Å². The van der Waals surface area contributed by atoms with E-state index in [2.05, 4.69) is 5.32 Å². The molecule has 0 saturated heterocycles. The molecule has 5 heteroatoms. The van der Waals surface area contributed by atoms with E-state index in [1.54, 1.807) is 11.0 Å². The fourth-order valence-electron chi connectivity index (χ4n) is 2.69. The number of hydrogen-bond donors (Lipinski definition) is 1. The van der Waals surface area contributed by atoms with E-state index >= 15 is 0 Å². The zero-order chi connectivity index (χ0) is 17.8. The van der Waals surface area contributed by atoms with Gasteiger partial charge in [0.15, 0.2) is 0 Å². The largest absolute Gasteiger partial charge is 0.339 e. The minimum atomic E-state index is -0.145. The molecular weight excluding hydrogens is 332 g/mol. The number of carbonyl (C=O) groups excluding carboxylic acids is 2. The van der Waals surface area contributed by atoms with Crippen LogP contribution in [0.1, 0.15) is 29.8 Å². The van der Waals surface area contributed by atoms with Gasteiger partial charge in [0.1, 0.15) is 0 Å². The molecule has 0 aromatic heterocycles. The van der Waals surface area contributed by atoms with Crippen molar-refractivity contribution in [2.75, 3.05) is 18.4 Å². The summed E-state index contributed by atoms with van der Waals surface area (Å²) >= 11 is 1.42. The molecule has 25 heavy (non-hydrogen) atoms. The molecule has 0 saturated carbocycles. The molecule has 128 valence electrons. The van der Waals surface area contributed by atoms with Gasteiger partial charge in [0, 0.05) is 23.5 Å². The van der Waals surface area contributed by atoms with Gasteiger partial charge in [-0.2, -0.15) is 0 Å². The predicted molar refractivity (Wildman–Crippen MR) is 103 cm³/mol. The molecule has 0 atom stereocenters. The molecular formula is C20H20N2O2S. The number of nitrogens with one attached hydrogen (secondary N) is 1. The maximum absolute atomic E-state index is 12.5. The highest BCUT2D eigenvalue weighted by Gasteiger charge is 2.23. The summed E-state index contributed by atoms with van der Waals surface area (Å²) in [5, 5.41) is 2.90. The van der Waals surface area contributed by atoms with Gasteiger partial charge in [-0.1, -0.05) is 42.1 Å². The molecule has 0 aliphatic carbocycles. The van der Waals surface area contributed by atoms with E-state index < -0.39 is 0 Å².